The van der Waals surface area contributed by atoms with E-state index in [1.54, 1.807) is 12.1 Å². The lowest BCUT2D eigenvalue weighted by molar-refractivity contribution is 0.184. The van der Waals surface area contributed by atoms with Crippen molar-refractivity contribution in [3.8, 4) is 5.75 Å². The molecular weight excluding hydrogens is 324 g/mol. The Hall–Kier alpha value is -0.820. The van der Waals surface area contributed by atoms with Crippen LogP contribution in [0.1, 0.15) is 19.8 Å². The Labute approximate surface area is 137 Å². The first kappa shape index (κ1) is 17.5. The van der Waals surface area contributed by atoms with Gasteiger partial charge in [-0.15, -0.1) is 0 Å². The van der Waals surface area contributed by atoms with E-state index in [2.05, 4.69) is 16.5 Å². The minimum atomic E-state index is -3.63. The monoisotopic (exact) mass is 346 g/mol. The summed E-state index contributed by atoms with van der Waals surface area (Å²) in [6.07, 6.45) is 2.16. The predicted molar refractivity (Wildman–Crippen MR) is 88.0 cm³/mol. The molecule has 1 aliphatic heterocycles. The van der Waals surface area contributed by atoms with Crippen molar-refractivity contribution in [1.29, 1.82) is 0 Å². The van der Waals surface area contributed by atoms with Crippen LogP contribution in [0.4, 0.5) is 0 Å². The average Bonchev–Trinajstić information content (AvgIpc) is 2.53. The lowest BCUT2D eigenvalue weighted by atomic mass is 9.98. The van der Waals surface area contributed by atoms with E-state index < -0.39 is 10.0 Å². The molecule has 0 amide bonds. The van der Waals surface area contributed by atoms with Crippen molar-refractivity contribution in [1.82, 2.24) is 9.62 Å². The molecule has 2 rings (SSSR count). The van der Waals surface area contributed by atoms with E-state index in [0.717, 1.165) is 32.5 Å². The van der Waals surface area contributed by atoms with Gasteiger partial charge in [0.2, 0.25) is 10.0 Å². The standard InChI is InChI=1S/C15H23ClN2O3S/c1-3-18-8-4-5-12(11-18)10-17-22(19,20)15-9-13(16)6-7-14(15)21-2/h6-7,9,12,17H,3-5,8,10-11H2,1-2H3/t12-/m1/s1. The maximum atomic E-state index is 12.5. The van der Waals surface area contributed by atoms with Crippen LogP contribution >= 0.6 is 11.6 Å². The number of likely N-dealkylation sites (tertiary alicyclic amines) is 1. The van der Waals surface area contributed by atoms with E-state index in [1.165, 1.54) is 13.2 Å². The second-order valence-electron chi connectivity index (χ2n) is 5.55. The fourth-order valence-electron chi connectivity index (χ4n) is 2.77. The first-order valence-electron chi connectivity index (χ1n) is 7.52. The van der Waals surface area contributed by atoms with Crippen molar-refractivity contribution >= 4 is 21.6 Å². The Morgan fingerprint density at radius 2 is 2.23 bits per heavy atom. The molecular formula is C15H23ClN2O3S. The zero-order valence-electron chi connectivity index (χ0n) is 13.0. The van der Waals surface area contributed by atoms with Crippen LogP contribution in [0.3, 0.4) is 0 Å². The number of piperidine rings is 1. The van der Waals surface area contributed by atoms with E-state index in [0.29, 0.717) is 23.2 Å². The molecule has 5 nitrogen and oxygen atoms in total. The van der Waals surface area contributed by atoms with Crippen molar-refractivity contribution in [3.05, 3.63) is 23.2 Å². The average molecular weight is 347 g/mol. The van der Waals surface area contributed by atoms with Crippen LogP contribution in [0.25, 0.3) is 0 Å². The lowest BCUT2D eigenvalue weighted by Gasteiger charge is -2.31. The highest BCUT2D eigenvalue weighted by molar-refractivity contribution is 7.89. The van der Waals surface area contributed by atoms with Gasteiger partial charge in [-0.25, -0.2) is 13.1 Å². The van der Waals surface area contributed by atoms with Crippen LogP contribution in [0, 0.1) is 5.92 Å². The predicted octanol–water partition coefficient (Wildman–Crippen LogP) is 2.36. The number of benzene rings is 1. The van der Waals surface area contributed by atoms with Gasteiger partial charge in [-0.2, -0.15) is 0 Å². The number of rotatable bonds is 6. The van der Waals surface area contributed by atoms with Crippen LogP contribution in [0.2, 0.25) is 5.02 Å². The van der Waals surface area contributed by atoms with Gasteiger partial charge in [-0.05, 0) is 50.0 Å². The molecule has 1 heterocycles. The van der Waals surface area contributed by atoms with Crippen molar-refractivity contribution < 1.29 is 13.2 Å². The molecule has 0 spiro atoms. The third-order valence-electron chi connectivity index (χ3n) is 4.03. The summed E-state index contributed by atoms with van der Waals surface area (Å²) in [6.45, 7) is 5.61. The summed E-state index contributed by atoms with van der Waals surface area (Å²) in [5.41, 5.74) is 0. The van der Waals surface area contributed by atoms with Gasteiger partial charge < -0.3 is 9.64 Å². The summed E-state index contributed by atoms with van der Waals surface area (Å²) >= 11 is 5.91. The number of methoxy groups -OCH3 is 1. The van der Waals surface area contributed by atoms with E-state index in [1.807, 2.05) is 0 Å². The summed E-state index contributed by atoms with van der Waals surface area (Å²) in [5, 5.41) is 0.371. The van der Waals surface area contributed by atoms with Gasteiger partial charge in [0.15, 0.2) is 0 Å². The molecule has 1 saturated heterocycles. The molecule has 124 valence electrons. The van der Waals surface area contributed by atoms with Crippen molar-refractivity contribution in [3.63, 3.8) is 0 Å². The number of hydrogen-bond donors (Lipinski definition) is 1. The molecule has 1 aliphatic rings. The summed E-state index contributed by atoms with van der Waals surface area (Å²) in [7, 11) is -2.18. The summed E-state index contributed by atoms with van der Waals surface area (Å²) < 4.78 is 32.8. The Balaban J connectivity index is 2.07. The minimum Gasteiger partial charge on any atom is -0.495 e. The smallest absolute Gasteiger partial charge is 0.244 e. The highest BCUT2D eigenvalue weighted by Gasteiger charge is 2.24. The first-order valence-corrected chi connectivity index (χ1v) is 9.38. The third-order valence-corrected chi connectivity index (χ3v) is 5.71. The molecule has 7 heteroatoms. The van der Waals surface area contributed by atoms with Gasteiger partial charge in [0, 0.05) is 18.1 Å². The number of nitrogens with zero attached hydrogens (tertiary/aromatic N) is 1. The molecule has 0 bridgehead atoms. The van der Waals surface area contributed by atoms with Crippen molar-refractivity contribution in [2.24, 2.45) is 5.92 Å². The molecule has 0 saturated carbocycles. The van der Waals surface area contributed by atoms with Gasteiger partial charge in [0.25, 0.3) is 0 Å². The quantitative estimate of drug-likeness (QED) is 0.859. The molecule has 1 aromatic carbocycles. The number of hydrogen-bond acceptors (Lipinski definition) is 4. The summed E-state index contributed by atoms with van der Waals surface area (Å²) in [5.74, 6) is 0.643. The molecule has 0 radical (unpaired) electrons. The van der Waals surface area contributed by atoms with Crippen LogP contribution in [0.15, 0.2) is 23.1 Å². The van der Waals surface area contributed by atoms with E-state index in [-0.39, 0.29) is 4.90 Å². The Bertz CT molecular complexity index is 607. The van der Waals surface area contributed by atoms with Crippen molar-refractivity contribution in [2.45, 2.75) is 24.7 Å². The molecule has 1 aromatic rings. The van der Waals surface area contributed by atoms with Gasteiger partial charge in [-0.1, -0.05) is 18.5 Å². The van der Waals surface area contributed by atoms with Crippen LogP contribution in [0.5, 0.6) is 5.75 Å². The van der Waals surface area contributed by atoms with Crippen LogP contribution in [-0.4, -0.2) is 46.6 Å². The maximum Gasteiger partial charge on any atom is 0.244 e. The SMILES string of the molecule is CCN1CCC[C@H](CNS(=O)(=O)c2cc(Cl)ccc2OC)C1. The number of ether oxygens (including phenoxy) is 1. The minimum absolute atomic E-state index is 0.0886. The molecule has 1 N–H and O–H groups in total. The van der Waals surface area contributed by atoms with Gasteiger partial charge in [0.05, 0.1) is 7.11 Å². The van der Waals surface area contributed by atoms with Crippen LogP contribution < -0.4 is 9.46 Å². The lowest BCUT2D eigenvalue weighted by Crippen LogP contribution is -2.40. The van der Waals surface area contributed by atoms with Gasteiger partial charge in [-0.3, -0.25) is 0 Å². The Morgan fingerprint density at radius 3 is 2.91 bits per heavy atom. The molecule has 1 fully saturated rings. The number of halogens is 1. The molecule has 0 aliphatic carbocycles. The van der Waals surface area contributed by atoms with E-state index in [9.17, 15) is 8.42 Å². The molecule has 0 unspecified atom stereocenters. The highest BCUT2D eigenvalue weighted by Crippen LogP contribution is 2.27. The summed E-state index contributed by atoms with van der Waals surface area (Å²) in [4.78, 5) is 2.44. The van der Waals surface area contributed by atoms with Crippen molar-refractivity contribution in [2.75, 3.05) is 33.3 Å². The fourth-order valence-corrected chi connectivity index (χ4v) is 4.32. The van der Waals surface area contributed by atoms with Gasteiger partial charge >= 0.3 is 0 Å². The largest absolute Gasteiger partial charge is 0.495 e. The highest BCUT2D eigenvalue weighted by atomic mass is 35.5. The van der Waals surface area contributed by atoms with E-state index in [4.69, 9.17) is 16.3 Å². The summed E-state index contributed by atoms with van der Waals surface area (Å²) in [6, 6.07) is 4.60. The molecule has 22 heavy (non-hydrogen) atoms. The molecule has 1 atom stereocenters. The Morgan fingerprint density at radius 1 is 1.45 bits per heavy atom. The normalized spacial score (nSPS) is 20.0. The first-order chi connectivity index (χ1) is 10.5. The fraction of sp³-hybridized carbons (Fsp3) is 0.600. The second-order valence-corrected chi connectivity index (χ2v) is 7.72. The third kappa shape index (κ3) is 4.35. The second kappa shape index (κ2) is 7.64. The zero-order chi connectivity index (χ0) is 16.2. The maximum absolute atomic E-state index is 12.5. The van der Waals surface area contributed by atoms with E-state index >= 15 is 0 Å². The topological polar surface area (TPSA) is 58.6 Å². The number of nitrogens with one attached hydrogen (secondary N) is 1. The molecule has 0 aromatic heterocycles. The van der Waals surface area contributed by atoms with Crippen LogP contribution in [-0.2, 0) is 10.0 Å². The zero-order valence-corrected chi connectivity index (χ0v) is 14.6. The number of sulfonamides is 1. The van der Waals surface area contributed by atoms with Gasteiger partial charge in [0.1, 0.15) is 10.6 Å². The Kier molecular flexibility index (Phi) is 6.09.